The third kappa shape index (κ3) is 3.40. The first-order valence-electron chi connectivity index (χ1n) is 9.20. The predicted molar refractivity (Wildman–Crippen MR) is 102 cm³/mol. The second-order valence-electron chi connectivity index (χ2n) is 6.95. The largest absolute Gasteiger partial charge is 0.384 e. The zero-order valence-electron chi connectivity index (χ0n) is 14.7. The van der Waals surface area contributed by atoms with E-state index in [0.717, 1.165) is 12.1 Å². The maximum atomic E-state index is 12.5. The highest BCUT2D eigenvalue weighted by molar-refractivity contribution is 5.96. The van der Waals surface area contributed by atoms with Crippen LogP contribution in [0.5, 0.6) is 0 Å². The first kappa shape index (κ1) is 16.6. The Kier molecular flexibility index (Phi) is 4.56. The molecule has 0 aliphatic heterocycles. The van der Waals surface area contributed by atoms with Crippen LogP contribution in [0.25, 0.3) is 17.0 Å². The Labute approximate surface area is 152 Å². The van der Waals surface area contributed by atoms with Crippen LogP contribution in [-0.4, -0.2) is 27.0 Å². The van der Waals surface area contributed by atoms with Crippen molar-refractivity contribution in [2.45, 2.75) is 32.1 Å². The molecule has 1 aliphatic carbocycles. The van der Waals surface area contributed by atoms with Crippen LogP contribution < -0.4 is 11.1 Å². The lowest BCUT2D eigenvalue weighted by Gasteiger charge is -2.21. The number of nitrogens with one attached hydrogen (secondary N) is 1. The van der Waals surface area contributed by atoms with Crippen molar-refractivity contribution < 1.29 is 4.79 Å². The number of anilines is 1. The lowest BCUT2D eigenvalue weighted by molar-refractivity contribution is 0.0943. The minimum Gasteiger partial charge on any atom is -0.384 e. The monoisotopic (exact) mass is 349 g/mol. The molecule has 6 nitrogen and oxygen atoms in total. The average Bonchev–Trinajstić information content (AvgIpc) is 3.12. The molecule has 0 saturated heterocycles. The smallest absolute Gasteiger partial charge is 0.251 e. The van der Waals surface area contributed by atoms with Gasteiger partial charge in [0.2, 0.25) is 0 Å². The molecule has 26 heavy (non-hydrogen) atoms. The number of hydrogen-bond donors (Lipinski definition) is 2. The molecule has 1 aromatic carbocycles. The number of nitrogen functional groups attached to an aromatic ring is 1. The Morgan fingerprint density at radius 1 is 1.15 bits per heavy atom. The molecule has 1 amide bonds. The summed E-state index contributed by atoms with van der Waals surface area (Å²) in [6, 6.07) is 13.1. The summed E-state index contributed by atoms with van der Waals surface area (Å²) < 4.78 is 1.57. The van der Waals surface area contributed by atoms with Gasteiger partial charge in [0.1, 0.15) is 5.82 Å². The molecule has 1 aliphatic rings. The van der Waals surface area contributed by atoms with Gasteiger partial charge in [0.25, 0.3) is 5.91 Å². The third-order valence-corrected chi connectivity index (χ3v) is 5.03. The van der Waals surface area contributed by atoms with E-state index < -0.39 is 0 Å². The summed E-state index contributed by atoms with van der Waals surface area (Å²) in [6.07, 6.45) is 6.25. The van der Waals surface area contributed by atoms with E-state index in [-0.39, 0.29) is 5.91 Å². The van der Waals surface area contributed by atoms with Crippen molar-refractivity contribution in [2.24, 2.45) is 5.92 Å². The molecule has 0 radical (unpaired) electrons. The summed E-state index contributed by atoms with van der Waals surface area (Å²) >= 11 is 0. The second-order valence-corrected chi connectivity index (χ2v) is 6.95. The molecular weight excluding hydrogens is 326 g/mol. The maximum Gasteiger partial charge on any atom is 0.251 e. The van der Waals surface area contributed by atoms with Crippen LogP contribution in [0, 0.1) is 5.92 Å². The van der Waals surface area contributed by atoms with Gasteiger partial charge in [0.05, 0.1) is 0 Å². The third-order valence-electron chi connectivity index (χ3n) is 5.03. The summed E-state index contributed by atoms with van der Waals surface area (Å²) in [5.74, 6) is 1.48. The minimum absolute atomic E-state index is 0.103. The van der Waals surface area contributed by atoms with E-state index in [9.17, 15) is 4.79 Å². The second kappa shape index (κ2) is 7.15. The molecule has 0 atom stereocenters. The van der Waals surface area contributed by atoms with Gasteiger partial charge in [-0.2, -0.15) is 4.52 Å². The summed E-state index contributed by atoms with van der Waals surface area (Å²) in [7, 11) is 0. The Morgan fingerprint density at radius 2 is 1.92 bits per heavy atom. The fraction of sp³-hybridized carbons (Fsp3) is 0.350. The van der Waals surface area contributed by atoms with Gasteiger partial charge in [-0.1, -0.05) is 49.6 Å². The van der Waals surface area contributed by atoms with E-state index in [1.54, 1.807) is 16.6 Å². The van der Waals surface area contributed by atoms with E-state index in [0.29, 0.717) is 28.8 Å². The van der Waals surface area contributed by atoms with Gasteiger partial charge in [-0.05, 0) is 30.9 Å². The molecule has 6 heteroatoms. The zero-order chi connectivity index (χ0) is 17.9. The number of amides is 1. The lowest BCUT2D eigenvalue weighted by Crippen LogP contribution is -2.30. The average molecular weight is 349 g/mol. The molecular formula is C20H23N5O. The fourth-order valence-corrected chi connectivity index (χ4v) is 3.58. The van der Waals surface area contributed by atoms with Crippen molar-refractivity contribution in [1.29, 1.82) is 0 Å². The van der Waals surface area contributed by atoms with Gasteiger partial charge < -0.3 is 11.1 Å². The van der Waals surface area contributed by atoms with Gasteiger partial charge >= 0.3 is 0 Å². The molecule has 3 aromatic rings. The minimum atomic E-state index is -0.103. The molecule has 1 saturated carbocycles. The maximum absolute atomic E-state index is 12.5. The number of nitrogens with zero attached hydrogens (tertiary/aromatic N) is 3. The molecule has 4 rings (SSSR count). The molecule has 2 heterocycles. The Morgan fingerprint density at radius 3 is 2.69 bits per heavy atom. The van der Waals surface area contributed by atoms with Crippen molar-refractivity contribution >= 4 is 17.4 Å². The molecule has 134 valence electrons. The summed E-state index contributed by atoms with van der Waals surface area (Å²) in [5.41, 5.74) is 8.12. The number of rotatable bonds is 4. The number of pyridine rings is 1. The fourth-order valence-electron chi connectivity index (χ4n) is 3.58. The van der Waals surface area contributed by atoms with E-state index in [1.165, 1.54) is 32.1 Å². The lowest BCUT2D eigenvalue weighted by atomic mass is 9.89. The summed E-state index contributed by atoms with van der Waals surface area (Å²) in [4.78, 5) is 17.1. The predicted octanol–water partition coefficient (Wildman–Crippen LogP) is 3.29. The molecule has 3 N–H and O–H groups in total. The Hall–Kier alpha value is -2.89. The summed E-state index contributed by atoms with van der Waals surface area (Å²) in [5, 5.41) is 7.50. The van der Waals surface area contributed by atoms with Crippen molar-refractivity contribution in [3.05, 3.63) is 48.0 Å². The van der Waals surface area contributed by atoms with E-state index in [4.69, 9.17) is 5.73 Å². The van der Waals surface area contributed by atoms with Crippen LogP contribution >= 0.6 is 0 Å². The SMILES string of the molecule is Nc1cc(C(=O)NCC2CCCCC2)cc2nc(-c3ccccc3)nn12. The van der Waals surface area contributed by atoms with Gasteiger partial charge in [-0.15, -0.1) is 5.10 Å². The van der Waals surface area contributed by atoms with Crippen LogP contribution in [0.15, 0.2) is 42.5 Å². The van der Waals surface area contributed by atoms with Crippen molar-refractivity contribution in [3.8, 4) is 11.4 Å². The number of benzene rings is 1. The number of fused-ring (bicyclic) bond motifs is 1. The number of aromatic nitrogens is 3. The normalized spacial score (nSPS) is 15.2. The van der Waals surface area contributed by atoms with Crippen LogP contribution in [0.2, 0.25) is 0 Å². The topological polar surface area (TPSA) is 85.3 Å². The van der Waals surface area contributed by atoms with Gasteiger partial charge in [0.15, 0.2) is 11.5 Å². The van der Waals surface area contributed by atoms with Gasteiger partial charge in [-0.25, -0.2) is 4.98 Å². The van der Waals surface area contributed by atoms with Crippen LogP contribution in [0.1, 0.15) is 42.5 Å². The molecule has 1 fully saturated rings. The number of carbonyl (C=O) groups excluding carboxylic acids is 1. The molecule has 0 spiro atoms. The number of carbonyl (C=O) groups is 1. The van der Waals surface area contributed by atoms with Crippen LogP contribution in [0.4, 0.5) is 5.82 Å². The number of nitrogens with two attached hydrogens (primary N) is 1. The van der Waals surface area contributed by atoms with E-state index in [1.807, 2.05) is 30.3 Å². The first-order valence-corrected chi connectivity index (χ1v) is 9.20. The van der Waals surface area contributed by atoms with Gasteiger partial charge in [0, 0.05) is 17.7 Å². The molecule has 0 unspecified atom stereocenters. The highest BCUT2D eigenvalue weighted by Crippen LogP contribution is 2.23. The molecule has 0 bridgehead atoms. The Balaban J connectivity index is 1.55. The van der Waals surface area contributed by atoms with Gasteiger partial charge in [-0.3, -0.25) is 4.79 Å². The first-order chi connectivity index (χ1) is 12.7. The quantitative estimate of drug-likeness (QED) is 0.757. The zero-order valence-corrected chi connectivity index (χ0v) is 14.7. The van der Waals surface area contributed by atoms with Crippen molar-refractivity contribution in [3.63, 3.8) is 0 Å². The van der Waals surface area contributed by atoms with Crippen LogP contribution in [0.3, 0.4) is 0 Å². The highest BCUT2D eigenvalue weighted by Gasteiger charge is 2.17. The standard InChI is InChI=1S/C20H23N5O/c21-17-11-16(20(26)22-13-14-7-3-1-4-8-14)12-18-23-19(24-25(17)18)15-9-5-2-6-10-15/h2,5-6,9-12,14H,1,3-4,7-8,13,21H2,(H,22,26). The van der Waals surface area contributed by atoms with Crippen molar-refractivity contribution in [1.82, 2.24) is 19.9 Å². The van der Waals surface area contributed by atoms with Crippen molar-refractivity contribution in [2.75, 3.05) is 12.3 Å². The number of hydrogen-bond acceptors (Lipinski definition) is 4. The van der Waals surface area contributed by atoms with E-state index >= 15 is 0 Å². The molecule has 2 aromatic heterocycles. The Bertz CT molecular complexity index is 913. The van der Waals surface area contributed by atoms with E-state index in [2.05, 4.69) is 15.4 Å². The summed E-state index contributed by atoms with van der Waals surface area (Å²) in [6.45, 7) is 0.728. The highest BCUT2D eigenvalue weighted by atomic mass is 16.1. The van der Waals surface area contributed by atoms with Crippen LogP contribution in [-0.2, 0) is 0 Å².